The monoisotopic (exact) mass is 488 g/mol. The first-order chi connectivity index (χ1) is 16.2. The Kier molecular flexibility index (Phi) is 11.4. The van der Waals surface area contributed by atoms with E-state index >= 15 is 0 Å². The third-order valence-corrected chi connectivity index (χ3v) is 5.48. The summed E-state index contributed by atoms with van der Waals surface area (Å²) in [6.07, 6.45) is -10.9. The lowest BCUT2D eigenvalue weighted by molar-refractivity contribution is -0.240. The Morgan fingerprint density at radius 3 is 2.32 bits per heavy atom. The van der Waals surface area contributed by atoms with E-state index in [0.29, 0.717) is 5.56 Å². The van der Waals surface area contributed by atoms with Crippen LogP contribution in [0.4, 0.5) is 0 Å². The largest absolute Gasteiger partial charge is 0.394 e. The van der Waals surface area contributed by atoms with Crippen molar-refractivity contribution in [3.63, 3.8) is 0 Å². The molecule has 0 spiro atoms. The SMILES string of the molecule is O=C(NN=CC(O)C(O)C(COCC1OC(CO)C(O)C(O)C1O)C(O)CO)c1ccccc1. The first kappa shape index (κ1) is 28.2. The molecule has 0 bridgehead atoms. The lowest BCUT2D eigenvalue weighted by Gasteiger charge is -2.40. The van der Waals surface area contributed by atoms with E-state index in [-0.39, 0.29) is 6.61 Å². The van der Waals surface area contributed by atoms with E-state index in [0.717, 1.165) is 6.21 Å². The molecule has 9 N–H and O–H groups in total. The van der Waals surface area contributed by atoms with Gasteiger partial charge in [-0.2, -0.15) is 5.10 Å². The van der Waals surface area contributed by atoms with Crippen molar-refractivity contribution in [2.75, 3.05) is 26.4 Å². The van der Waals surface area contributed by atoms with Crippen LogP contribution in [0.3, 0.4) is 0 Å². The van der Waals surface area contributed by atoms with E-state index in [1.54, 1.807) is 30.3 Å². The van der Waals surface area contributed by atoms with Gasteiger partial charge in [0.15, 0.2) is 0 Å². The summed E-state index contributed by atoms with van der Waals surface area (Å²) in [5.74, 6) is -1.77. The highest BCUT2D eigenvalue weighted by Crippen LogP contribution is 2.22. The highest BCUT2D eigenvalue weighted by Gasteiger charge is 2.43. The number of hydrogen-bond acceptors (Lipinski definition) is 12. The molecule has 1 aromatic carbocycles. The van der Waals surface area contributed by atoms with Crippen LogP contribution in [0.15, 0.2) is 35.4 Å². The number of nitrogens with zero attached hydrogens (tertiary/aromatic N) is 1. The number of benzene rings is 1. The standard InChI is InChI=1S/C21H32N2O11/c24-7-14(27)12(9-33-10-16-19(30)20(31)18(29)15(8-25)34-16)17(28)13(26)6-22-23-21(32)11-4-2-1-3-5-11/h1-6,12-20,24-31H,7-10H2,(H,23,32). The minimum atomic E-state index is -1.67. The molecule has 0 saturated carbocycles. The Bertz CT molecular complexity index is 766. The lowest BCUT2D eigenvalue weighted by Crippen LogP contribution is -2.59. The number of carbonyl (C=O) groups excluding carboxylic acids is 1. The van der Waals surface area contributed by atoms with Crippen LogP contribution in [0, 0.1) is 5.92 Å². The van der Waals surface area contributed by atoms with Crippen molar-refractivity contribution in [3.8, 4) is 0 Å². The number of aliphatic hydroxyl groups is 8. The van der Waals surface area contributed by atoms with E-state index < -0.39 is 80.5 Å². The van der Waals surface area contributed by atoms with Crippen molar-refractivity contribution in [1.82, 2.24) is 5.43 Å². The van der Waals surface area contributed by atoms with Crippen LogP contribution in [0.2, 0.25) is 0 Å². The number of hydrogen-bond donors (Lipinski definition) is 9. The second kappa shape index (κ2) is 13.7. The van der Waals surface area contributed by atoms with Crippen LogP contribution in [-0.4, -0.2) is 128 Å². The lowest BCUT2D eigenvalue weighted by atomic mass is 9.93. The van der Waals surface area contributed by atoms with Gasteiger partial charge in [0, 0.05) is 11.5 Å². The van der Waals surface area contributed by atoms with Gasteiger partial charge in [0.05, 0.1) is 44.9 Å². The molecule has 1 amide bonds. The summed E-state index contributed by atoms with van der Waals surface area (Å²) in [4.78, 5) is 11.9. The zero-order valence-electron chi connectivity index (χ0n) is 18.2. The van der Waals surface area contributed by atoms with Gasteiger partial charge in [0.25, 0.3) is 5.91 Å². The fourth-order valence-corrected chi connectivity index (χ4v) is 3.38. The smallest absolute Gasteiger partial charge is 0.271 e. The third-order valence-electron chi connectivity index (χ3n) is 5.48. The fraction of sp³-hybridized carbons (Fsp3) is 0.619. The molecule has 1 aliphatic rings. The Balaban J connectivity index is 1.91. The number of hydrazone groups is 1. The molecule has 1 aliphatic heterocycles. The molecule has 13 nitrogen and oxygen atoms in total. The molecule has 34 heavy (non-hydrogen) atoms. The molecular weight excluding hydrogens is 456 g/mol. The van der Waals surface area contributed by atoms with Crippen LogP contribution in [0.1, 0.15) is 10.4 Å². The van der Waals surface area contributed by atoms with Gasteiger partial charge < -0.3 is 50.3 Å². The van der Waals surface area contributed by atoms with Crippen LogP contribution >= 0.6 is 0 Å². The minimum absolute atomic E-state index is 0.324. The molecule has 1 aromatic rings. The van der Waals surface area contributed by atoms with Crippen molar-refractivity contribution in [2.45, 2.75) is 48.8 Å². The van der Waals surface area contributed by atoms with E-state index in [4.69, 9.17) is 9.47 Å². The quantitative estimate of drug-likeness (QED) is 0.102. The molecule has 13 heteroatoms. The van der Waals surface area contributed by atoms with Gasteiger partial charge in [-0.25, -0.2) is 5.43 Å². The first-order valence-corrected chi connectivity index (χ1v) is 10.6. The molecule has 1 saturated heterocycles. The van der Waals surface area contributed by atoms with E-state index in [9.17, 15) is 45.6 Å². The number of ether oxygens (including phenoxy) is 2. The number of nitrogens with one attached hydrogen (secondary N) is 1. The molecule has 0 aliphatic carbocycles. The molecule has 9 atom stereocenters. The van der Waals surface area contributed by atoms with Gasteiger partial charge >= 0.3 is 0 Å². The number of carbonyl (C=O) groups is 1. The van der Waals surface area contributed by atoms with Gasteiger partial charge in [-0.05, 0) is 12.1 Å². The van der Waals surface area contributed by atoms with Gasteiger partial charge in [0.1, 0.15) is 36.6 Å². The van der Waals surface area contributed by atoms with E-state index in [1.807, 2.05) is 0 Å². The fourth-order valence-electron chi connectivity index (χ4n) is 3.38. The zero-order valence-corrected chi connectivity index (χ0v) is 18.2. The van der Waals surface area contributed by atoms with Gasteiger partial charge in [-0.15, -0.1) is 0 Å². The Labute approximate surface area is 195 Å². The summed E-state index contributed by atoms with van der Waals surface area (Å²) in [6, 6.07) is 8.14. The maximum absolute atomic E-state index is 11.9. The van der Waals surface area contributed by atoms with Crippen LogP contribution in [-0.2, 0) is 9.47 Å². The zero-order chi connectivity index (χ0) is 25.3. The topological polar surface area (TPSA) is 222 Å². The van der Waals surface area contributed by atoms with E-state index in [1.165, 1.54) is 0 Å². The van der Waals surface area contributed by atoms with Gasteiger partial charge in [0.2, 0.25) is 0 Å². The van der Waals surface area contributed by atoms with Gasteiger partial charge in [-0.3, -0.25) is 4.79 Å². The maximum Gasteiger partial charge on any atom is 0.271 e. The van der Waals surface area contributed by atoms with Crippen LogP contribution in [0.25, 0.3) is 0 Å². The molecule has 2 rings (SSSR count). The summed E-state index contributed by atoms with van der Waals surface area (Å²) in [5.41, 5.74) is 2.51. The molecule has 1 fully saturated rings. The Morgan fingerprint density at radius 1 is 1.06 bits per heavy atom. The highest BCUT2D eigenvalue weighted by atomic mass is 16.6. The summed E-state index contributed by atoms with van der Waals surface area (Å²) < 4.78 is 10.7. The number of rotatable bonds is 12. The normalized spacial score (nSPS) is 28.9. The van der Waals surface area contributed by atoms with Gasteiger partial charge in [-0.1, -0.05) is 18.2 Å². The van der Waals surface area contributed by atoms with Crippen molar-refractivity contribution in [3.05, 3.63) is 35.9 Å². The van der Waals surface area contributed by atoms with Crippen molar-refractivity contribution >= 4 is 12.1 Å². The van der Waals surface area contributed by atoms with Crippen molar-refractivity contribution in [1.29, 1.82) is 0 Å². The number of aliphatic hydroxyl groups excluding tert-OH is 8. The average Bonchev–Trinajstić information content (AvgIpc) is 2.85. The number of amides is 1. The predicted molar refractivity (Wildman–Crippen MR) is 116 cm³/mol. The second-order valence-electron chi connectivity index (χ2n) is 7.88. The molecule has 0 radical (unpaired) electrons. The molecule has 192 valence electrons. The molecule has 9 unspecified atom stereocenters. The second-order valence-corrected chi connectivity index (χ2v) is 7.88. The average molecular weight is 488 g/mol. The summed E-state index contributed by atoms with van der Waals surface area (Å²) in [7, 11) is 0. The minimum Gasteiger partial charge on any atom is -0.394 e. The molecule has 1 heterocycles. The third kappa shape index (κ3) is 7.48. The molecular formula is C21H32N2O11. The predicted octanol–water partition coefficient (Wildman–Crippen LogP) is -4.05. The van der Waals surface area contributed by atoms with Crippen LogP contribution in [0.5, 0.6) is 0 Å². The first-order valence-electron chi connectivity index (χ1n) is 10.6. The van der Waals surface area contributed by atoms with Crippen LogP contribution < -0.4 is 5.43 Å². The molecule has 0 aromatic heterocycles. The Hall–Kier alpha value is -2.04. The van der Waals surface area contributed by atoms with E-state index in [2.05, 4.69) is 10.5 Å². The Morgan fingerprint density at radius 2 is 1.71 bits per heavy atom. The van der Waals surface area contributed by atoms with Crippen molar-refractivity contribution < 1.29 is 55.1 Å². The van der Waals surface area contributed by atoms with Crippen molar-refractivity contribution in [2.24, 2.45) is 11.0 Å². The summed E-state index contributed by atoms with van der Waals surface area (Å²) in [6.45, 7) is -2.16. The highest BCUT2D eigenvalue weighted by molar-refractivity contribution is 5.94. The maximum atomic E-state index is 11.9. The summed E-state index contributed by atoms with van der Waals surface area (Å²) in [5, 5.41) is 82.4. The summed E-state index contributed by atoms with van der Waals surface area (Å²) >= 11 is 0.